The molecule has 128 valence electrons. The first kappa shape index (κ1) is 17.6. The molecule has 9 heteroatoms. The molecule has 3 nitrogen and oxygen atoms in total. The van der Waals surface area contributed by atoms with Crippen LogP contribution in [0.15, 0.2) is 42.5 Å². The molecule has 0 amide bonds. The Hall–Kier alpha value is -2.71. The Kier molecular flexibility index (Phi) is 4.46. The van der Waals surface area contributed by atoms with Gasteiger partial charge in [0, 0.05) is 0 Å². The van der Waals surface area contributed by atoms with E-state index < -0.39 is 35.4 Å². The number of halogens is 6. The largest absolute Gasteiger partial charge is 0.573 e. The fourth-order valence-electron chi connectivity index (χ4n) is 2.01. The van der Waals surface area contributed by atoms with Crippen molar-refractivity contribution in [2.24, 2.45) is 0 Å². The first-order valence-electron chi connectivity index (χ1n) is 6.28. The highest BCUT2D eigenvalue weighted by molar-refractivity contribution is 5.96. The van der Waals surface area contributed by atoms with E-state index in [1.54, 1.807) is 0 Å². The van der Waals surface area contributed by atoms with Crippen molar-refractivity contribution in [2.45, 2.75) is 12.5 Å². The SMILES string of the molecule is O=C(O)c1ccc(OC(F)(F)F)cc1-c1cccc(C(F)(F)F)c1. The molecule has 0 unspecified atom stereocenters. The van der Waals surface area contributed by atoms with Gasteiger partial charge in [-0.2, -0.15) is 13.2 Å². The summed E-state index contributed by atoms with van der Waals surface area (Å²) in [4.78, 5) is 11.2. The summed E-state index contributed by atoms with van der Waals surface area (Å²) in [6, 6.07) is 5.94. The first-order chi connectivity index (χ1) is 11.0. The van der Waals surface area contributed by atoms with Gasteiger partial charge in [0.05, 0.1) is 11.1 Å². The van der Waals surface area contributed by atoms with Crippen molar-refractivity contribution < 1.29 is 41.0 Å². The third kappa shape index (κ3) is 4.18. The zero-order valence-corrected chi connectivity index (χ0v) is 11.6. The number of benzene rings is 2. The van der Waals surface area contributed by atoms with Gasteiger partial charge in [-0.05, 0) is 41.5 Å². The molecule has 1 N–H and O–H groups in total. The van der Waals surface area contributed by atoms with Crippen LogP contribution in [0, 0.1) is 0 Å². The highest BCUT2D eigenvalue weighted by Gasteiger charge is 2.32. The molecular weight excluding hydrogens is 342 g/mol. The Balaban J connectivity index is 2.58. The van der Waals surface area contributed by atoms with E-state index in [1.165, 1.54) is 0 Å². The Morgan fingerprint density at radius 3 is 2.17 bits per heavy atom. The molecular formula is C15H8F6O3. The van der Waals surface area contributed by atoms with Crippen molar-refractivity contribution in [3.63, 3.8) is 0 Å². The molecule has 0 radical (unpaired) electrons. The minimum Gasteiger partial charge on any atom is -0.478 e. The number of aromatic carboxylic acids is 1. The third-order valence-electron chi connectivity index (χ3n) is 2.96. The maximum Gasteiger partial charge on any atom is 0.573 e. The standard InChI is InChI=1S/C15H8F6O3/c16-14(17,18)9-3-1-2-8(6-9)12-7-10(24-15(19,20)21)4-5-11(12)13(22)23/h1-7H,(H,22,23). The van der Waals surface area contributed by atoms with E-state index in [-0.39, 0.29) is 11.1 Å². The Bertz CT molecular complexity index is 765. The molecule has 2 aromatic carbocycles. The van der Waals surface area contributed by atoms with Crippen molar-refractivity contribution in [2.75, 3.05) is 0 Å². The van der Waals surface area contributed by atoms with Crippen LogP contribution in [0.2, 0.25) is 0 Å². The molecule has 0 aliphatic rings. The maximum atomic E-state index is 12.8. The van der Waals surface area contributed by atoms with Gasteiger partial charge in [-0.25, -0.2) is 4.79 Å². The van der Waals surface area contributed by atoms with Crippen LogP contribution in [0.3, 0.4) is 0 Å². The van der Waals surface area contributed by atoms with Gasteiger partial charge in [-0.3, -0.25) is 0 Å². The minimum atomic E-state index is -5.02. The summed E-state index contributed by atoms with van der Waals surface area (Å²) >= 11 is 0. The number of hydrogen-bond donors (Lipinski definition) is 1. The molecule has 0 spiro atoms. The number of hydrogen-bond acceptors (Lipinski definition) is 2. The van der Waals surface area contributed by atoms with Crippen LogP contribution < -0.4 is 4.74 Å². The minimum absolute atomic E-state index is 0.199. The maximum absolute atomic E-state index is 12.8. The van der Waals surface area contributed by atoms with Crippen LogP contribution in [0.5, 0.6) is 5.75 Å². The molecule has 0 heterocycles. The molecule has 0 bridgehead atoms. The Morgan fingerprint density at radius 1 is 0.958 bits per heavy atom. The summed E-state index contributed by atoms with van der Waals surface area (Å²) in [7, 11) is 0. The third-order valence-corrected chi connectivity index (χ3v) is 2.96. The number of ether oxygens (including phenoxy) is 1. The number of carboxylic acids is 1. The van der Waals surface area contributed by atoms with Crippen LogP contribution in [0.25, 0.3) is 11.1 Å². The predicted octanol–water partition coefficient (Wildman–Crippen LogP) is 4.97. The molecule has 2 aromatic rings. The van der Waals surface area contributed by atoms with E-state index in [9.17, 15) is 31.1 Å². The highest BCUT2D eigenvalue weighted by atomic mass is 19.4. The van der Waals surface area contributed by atoms with E-state index in [4.69, 9.17) is 5.11 Å². The summed E-state index contributed by atoms with van der Waals surface area (Å²) < 4.78 is 78.7. The smallest absolute Gasteiger partial charge is 0.478 e. The lowest BCUT2D eigenvalue weighted by Gasteiger charge is -2.13. The second-order valence-corrected chi connectivity index (χ2v) is 4.64. The average Bonchev–Trinajstić information content (AvgIpc) is 2.44. The summed E-state index contributed by atoms with van der Waals surface area (Å²) in [6.45, 7) is 0. The van der Waals surface area contributed by atoms with E-state index in [0.717, 1.165) is 36.4 Å². The zero-order chi connectivity index (χ0) is 18.1. The summed E-state index contributed by atoms with van der Waals surface area (Å²) in [5.74, 6) is -2.24. The van der Waals surface area contributed by atoms with Gasteiger partial charge >= 0.3 is 18.5 Å². The molecule has 0 fully saturated rings. The van der Waals surface area contributed by atoms with Crippen LogP contribution in [-0.4, -0.2) is 17.4 Å². The quantitative estimate of drug-likeness (QED) is 0.795. The molecule has 2 rings (SSSR count). The van der Waals surface area contributed by atoms with E-state index in [1.807, 2.05) is 0 Å². The predicted molar refractivity (Wildman–Crippen MR) is 70.5 cm³/mol. The lowest BCUT2D eigenvalue weighted by molar-refractivity contribution is -0.274. The number of carboxylic acid groups (broad SMARTS) is 1. The number of carbonyl (C=O) groups is 1. The van der Waals surface area contributed by atoms with Crippen molar-refractivity contribution >= 4 is 5.97 Å². The summed E-state index contributed by atoms with van der Waals surface area (Å²) in [5, 5.41) is 9.09. The Labute approximate surface area is 131 Å². The molecule has 0 saturated heterocycles. The van der Waals surface area contributed by atoms with Crippen LogP contribution in [0.1, 0.15) is 15.9 Å². The molecule has 0 aliphatic carbocycles. The van der Waals surface area contributed by atoms with Crippen LogP contribution in [-0.2, 0) is 6.18 Å². The van der Waals surface area contributed by atoms with Crippen molar-refractivity contribution in [1.29, 1.82) is 0 Å². The van der Waals surface area contributed by atoms with Gasteiger partial charge in [0.15, 0.2) is 0 Å². The summed E-state index contributed by atoms with van der Waals surface area (Å²) in [6.07, 6.45) is -9.70. The lowest BCUT2D eigenvalue weighted by Crippen LogP contribution is -2.17. The summed E-state index contributed by atoms with van der Waals surface area (Å²) in [5.41, 5.74) is -2.03. The first-order valence-corrected chi connectivity index (χ1v) is 6.28. The highest BCUT2D eigenvalue weighted by Crippen LogP contribution is 2.35. The second kappa shape index (κ2) is 6.06. The molecule has 24 heavy (non-hydrogen) atoms. The topological polar surface area (TPSA) is 46.5 Å². The number of rotatable bonds is 3. The van der Waals surface area contributed by atoms with E-state index in [2.05, 4.69) is 4.74 Å². The van der Waals surface area contributed by atoms with Crippen molar-refractivity contribution in [3.05, 3.63) is 53.6 Å². The monoisotopic (exact) mass is 350 g/mol. The fourth-order valence-corrected chi connectivity index (χ4v) is 2.01. The molecule has 0 atom stereocenters. The molecule has 0 saturated carbocycles. The second-order valence-electron chi connectivity index (χ2n) is 4.64. The van der Waals surface area contributed by atoms with Gasteiger partial charge < -0.3 is 9.84 Å². The van der Waals surface area contributed by atoms with Gasteiger partial charge in [-0.1, -0.05) is 12.1 Å². The molecule has 0 aromatic heterocycles. The van der Waals surface area contributed by atoms with Crippen LogP contribution in [0.4, 0.5) is 26.3 Å². The molecule has 0 aliphatic heterocycles. The van der Waals surface area contributed by atoms with Gasteiger partial charge in [0.2, 0.25) is 0 Å². The van der Waals surface area contributed by atoms with E-state index >= 15 is 0 Å². The number of alkyl halides is 6. The van der Waals surface area contributed by atoms with E-state index in [0.29, 0.717) is 6.07 Å². The van der Waals surface area contributed by atoms with Gasteiger partial charge in [-0.15, -0.1) is 13.2 Å². The van der Waals surface area contributed by atoms with Crippen molar-refractivity contribution in [3.8, 4) is 16.9 Å². The van der Waals surface area contributed by atoms with Crippen LogP contribution >= 0.6 is 0 Å². The van der Waals surface area contributed by atoms with Gasteiger partial charge in [0.1, 0.15) is 5.75 Å². The Morgan fingerprint density at radius 2 is 1.62 bits per heavy atom. The average molecular weight is 350 g/mol. The van der Waals surface area contributed by atoms with Crippen molar-refractivity contribution in [1.82, 2.24) is 0 Å². The fraction of sp³-hybridized carbons (Fsp3) is 0.133. The normalized spacial score (nSPS) is 12.1. The zero-order valence-electron chi connectivity index (χ0n) is 11.6. The van der Waals surface area contributed by atoms with Gasteiger partial charge in [0.25, 0.3) is 0 Å². The lowest BCUT2D eigenvalue weighted by atomic mass is 9.97.